The zero-order chi connectivity index (χ0) is 22.3. The fourth-order valence-corrected chi connectivity index (χ4v) is 4.44. The van der Waals surface area contributed by atoms with Crippen molar-refractivity contribution in [3.8, 4) is 0 Å². The second-order valence-electron chi connectivity index (χ2n) is 6.66. The normalized spacial score (nSPS) is 17.4. The van der Waals surface area contributed by atoms with Crippen LogP contribution in [0.5, 0.6) is 0 Å². The number of hydrogen-bond donors (Lipinski definition) is 0. The first-order valence-corrected chi connectivity index (χ1v) is 10.0. The topological polar surface area (TPSA) is 79.5 Å². The van der Waals surface area contributed by atoms with Crippen molar-refractivity contribution in [2.45, 2.75) is 30.7 Å². The highest BCUT2D eigenvalue weighted by Crippen LogP contribution is 2.37. The summed E-state index contributed by atoms with van der Waals surface area (Å²) in [5.41, 5.74) is -3.36. The molecule has 3 rings (SSSR count). The molecule has 0 saturated carbocycles. The fourth-order valence-electron chi connectivity index (χ4n) is 2.95. The number of benzene rings is 1. The number of sulfonamides is 1. The van der Waals surface area contributed by atoms with Crippen LogP contribution in [0.1, 0.15) is 22.8 Å². The van der Waals surface area contributed by atoms with Gasteiger partial charge in [0.05, 0.1) is 22.6 Å². The Morgan fingerprint density at radius 3 is 1.93 bits per heavy atom. The van der Waals surface area contributed by atoms with Crippen LogP contribution in [-0.4, -0.2) is 53.9 Å². The van der Waals surface area contributed by atoms with E-state index in [-0.39, 0.29) is 50.9 Å². The molecule has 2 heterocycles. The van der Waals surface area contributed by atoms with Gasteiger partial charge in [-0.1, -0.05) is 5.16 Å². The molecule has 1 aromatic carbocycles. The number of alkyl halides is 6. The maximum absolute atomic E-state index is 13.0. The summed E-state index contributed by atoms with van der Waals surface area (Å²) >= 11 is 0. The molecule has 166 valence electrons. The third kappa shape index (κ3) is 4.92. The molecule has 0 amide bonds. The molecule has 0 atom stereocenters. The van der Waals surface area contributed by atoms with E-state index in [1.54, 1.807) is 11.8 Å². The van der Waals surface area contributed by atoms with E-state index in [0.29, 0.717) is 11.7 Å². The summed E-state index contributed by atoms with van der Waals surface area (Å²) in [6, 6.07) is 0.333. The summed E-state index contributed by atoms with van der Waals surface area (Å²) in [5.74, 6) is 0.743. The van der Waals surface area contributed by atoms with Gasteiger partial charge >= 0.3 is 12.4 Å². The van der Waals surface area contributed by atoms with Gasteiger partial charge in [0.1, 0.15) is 0 Å². The zero-order valence-electron chi connectivity index (χ0n) is 15.5. The summed E-state index contributed by atoms with van der Waals surface area (Å²) in [6.45, 7) is 2.01. The maximum Gasteiger partial charge on any atom is 0.416 e. The van der Waals surface area contributed by atoms with Crippen LogP contribution in [0.25, 0.3) is 0 Å². The molecule has 1 aromatic heterocycles. The van der Waals surface area contributed by atoms with Crippen LogP contribution in [0.15, 0.2) is 27.6 Å². The summed E-state index contributed by atoms with van der Waals surface area (Å²) in [5, 5.41) is 3.63. The van der Waals surface area contributed by atoms with E-state index in [1.807, 2.05) is 0 Å². The Balaban J connectivity index is 1.81. The predicted octanol–water partition coefficient (Wildman–Crippen LogP) is 2.92. The van der Waals surface area contributed by atoms with Crippen molar-refractivity contribution in [2.75, 3.05) is 26.2 Å². The van der Waals surface area contributed by atoms with Gasteiger partial charge in [-0.15, -0.1) is 0 Å². The molecule has 0 bridgehead atoms. The Bertz CT molecular complexity index is 978. The molecule has 0 unspecified atom stereocenters. The van der Waals surface area contributed by atoms with Crippen molar-refractivity contribution in [3.63, 3.8) is 0 Å². The predicted molar refractivity (Wildman–Crippen MR) is 89.5 cm³/mol. The van der Waals surface area contributed by atoms with Crippen molar-refractivity contribution in [1.82, 2.24) is 19.3 Å². The van der Waals surface area contributed by atoms with Gasteiger partial charge in [-0.25, -0.2) is 8.42 Å². The van der Waals surface area contributed by atoms with Crippen molar-refractivity contribution in [1.29, 1.82) is 0 Å². The van der Waals surface area contributed by atoms with Gasteiger partial charge in [0.2, 0.25) is 15.9 Å². The van der Waals surface area contributed by atoms with E-state index >= 15 is 0 Å². The number of halogens is 6. The Morgan fingerprint density at radius 1 is 0.967 bits per heavy atom. The lowest BCUT2D eigenvalue weighted by atomic mass is 10.1. The molecule has 1 aliphatic heterocycles. The van der Waals surface area contributed by atoms with Crippen LogP contribution in [0.3, 0.4) is 0 Å². The molecule has 30 heavy (non-hydrogen) atoms. The third-order valence-electron chi connectivity index (χ3n) is 4.46. The first-order valence-electron chi connectivity index (χ1n) is 8.58. The van der Waals surface area contributed by atoms with E-state index < -0.39 is 38.4 Å². The number of rotatable bonds is 4. The van der Waals surface area contributed by atoms with Gasteiger partial charge in [-0.2, -0.15) is 35.6 Å². The summed E-state index contributed by atoms with van der Waals surface area (Å²) < 4.78 is 109. The molecular formula is C16H16F6N4O3S. The van der Waals surface area contributed by atoms with Crippen molar-refractivity contribution >= 4 is 10.0 Å². The molecule has 1 fully saturated rings. The quantitative estimate of drug-likeness (QED) is 0.656. The average Bonchev–Trinajstić information content (AvgIpc) is 3.05. The van der Waals surface area contributed by atoms with Crippen LogP contribution in [0.2, 0.25) is 0 Å². The summed E-state index contributed by atoms with van der Waals surface area (Å²) in [7, 11) is -4.56. The first kappa shape index (κ1) is 22.5. The zero-order valence-corrected chi connectivity index (χ0v) is 16.3. The minimum absolute atomic E-state index is 0.108. The third-order valence-corrected chi connectivity index (χ3v) is 6.34. The number of nitrogens with zero attached hydrogens (tertiary/aromatic N) is 4. The SMILES string of the molecule is Cc1noc(CN2CCN(S(=O)(=O)c3cc(C(F)(F)F)cc(C(F)(F)F)c3)CC2)n1. The largest absolute Gasteiger partial charge is 0.416 e. The van der Waals surface area contributed by atoms with Crippen LogP contribution < -0.4 is 0 Å². The molecular weight excluding hydrogens is 442 g/mol. The van der Waals surface area contributed by atoms with Crippen LogP contribution >= 0.6 is 0 Å². The molecule has 0 aliphatic carbocycles. The highest BCUT2D eigenvalue weighted by molar-refractivity contribution is 7.89. The Morgan fingerprint density at radius 2 is 1.50 bits per heavy atom. The standard InChI is InChI=1S/C16H16F6N4O3S/c1-10-23-14(29-24-10)9-25-2-4-26(5-3-25)30(27,28)13-7-11(15(17,18)19)6-12(8-13)16(20,21)22/h6-8H,2-5,9H2,1H3. The van der Waals surface area contributed by atoms with E-state index in [9.17, 15) is 34.8 Å². The minimum atomic E-state index is -5.13. The summed E-state index contributed by atoms with van der Waals surface area (Å²) in [4.78, 5) is 4.75. The second-order valence-corrected chi connectivity index (χ2v) is 8.60. The maximum atomic E-state index is 13.0. The van der Waals surface area contributed by atoms with Gasteiger partial charge in [0, 0.05) is 26.2 Å². The molecule has 2 aromatic rings. The van der Waals surface area contributed by atoms with Crippen molar-refractivity contribution in [3.05, 3.63) is 41.0 Å². The van der Waals surface area contributed by atoms with Crippen LogP contribution in [0.4, 0.5) is 26.3 Å². The van der Waals surface area contributed by atoms with E-state index in [1.165, 1.54) is 0 Å². The van der Waals surface area contributed by atoms with Crippen molar-refractivity contribution < 1.29 is 39.3 Å². The highest BCUT2D eigenvalue weighted by Gasteiger charge is 2.39. The molecule has 0 N–H and O–H groups in total. The van der Waals surface area contributed by atoms with Crippen molar-refractivity contribution in [2.24, 2.45) is 0 Å². The monoisotopic (exact) mass is 458 g/mol. The molecule has 7 nitrogen and oxygen atoms in total. The Hall–Kier alpha value is -2.19. The lowest BCUT2D eigenvalue weighted by Gasteiger charge is -2.33. The molecule has 14 heteroatoms. The second kappa shape index (κ2) is 7.81. The van der Waals surface area contributed by atoms with E-state index in [2.05, 4.69) is 10.1 Å². The smallest absolute Gasteiger partial charge is 0.338 e. The average molecular weight is 458 g/mol. The number of hydrogen-bond acceptors (Lipinski definition) is 6. The molecule has 1 aliphatic rings. The number of aromatic nitrogens is 2. The van der Waals surface area contributed by atoms with Gasteiger partial charge in [-0.05, 0) is 25.1 Å². The number of piperazine rings is 1. The van der Waals surface area contributed by atoms with Crippen LogP contribution in [0, 0.1) is 6.92 Å². The van der Waals surface area contributed by atoms with E-state index in [4.69, 9.17) is 4.52 Å². The van der Waals surface area contributed by atoms with E-state index in [0.717, 1.165) is 4.31 Å². The fraction of sp³-hybridized carbons (Fsp3) is 0.500. The summed E-state index contributed by atoms with van der Waals surface area (Å²) in [6.07, 6.45) is -10.3. The van der Waals surface area contributed by atoms with Gasteiger partial charge < -0.3 is 4.52 Å². The van der Waals surface area contributed by atoms with Gasteiger partial charge in [0.25, 0.3) is 0 Å². The van der Waals surface area contributed by atoms with Gasteiger partial charge in [-0.3, -0.25) is 4.90 Å². The number of aryl methyl sites for hydroxylation is 1. The minimum Gasteiger partial charge on any atom is -0.338 e. The first-order chi connectivity index (χ1) is 13.8. The Labute approximate surface area is 167 Å². The molecule has 0 radical (unpaired) electrons. The van der Waals surface area contributed by atoms with Crippen LogP contribution in [-0.2, 0) is 28.9 Å². The molecule has 0 spiro atoms. The lowest BCUT2D eigenvalue weighted by Crippen LogP contribution is -2.48. The molecule has 1 saturated heterocycles. The Kier molecular flexibility index (Phi) is 5.86. The lowest BCUT2D eigenvalue weighted by molar-refractivity contribution is -0.143. The highest BCUT2D eigenvalue weighted by atomic mass is 32.2. The van der Waals surface area contributed by atoms with Gasteiger partial charge in [0.15, 0.2) is 5.82 Å².